The summed E-state index contributed by atoms with van der Waals surface area (Å²) < 4.78 is 5.68. The molecule has 1 fully saturated rings. The van der Waals surface area contributed by atoms with Gasteiger partial charge in [-0.1, -0.05) is 23.7 Å². The van der Waals surface area contributed by atoms with E-state index in [9.17, 15) is 0 Å². The van der Waals surface area contributed by atoms with E-state index in [-0.39, 0.29) is 12.4 Å². The largest absolute Gasteiger partial charge is 0.492 e. The topological polar surface area (TPSA) is 24.5 Å². The molecule has 1 aromatic carbocycles. The fraction of sp³-hybridized carbons (Fsp3) is 0.600. The number of hydrogen-bond donors (Lipinski definition) is 1. The Labute approximate surface area is 133 Å². The maximum atomic E-state index is 6.22. The van der Waals surface area contributed by atoms with Crippen molar-refractivity contribution in [3.05, 3.63) is 28.8 Å². The van der Waals surface area contributed by atoms with Crippen LogP contribution >= 0.6 is 24.0 Å². The minimum absolute atomic E-state index is 0. The first-order valence-corrected chi connectivity index (χ1v) is 7.39. The van der Waals surface area contributed by atoms with Crippen molar-refractivity contribution < 1.29 is 4.74 Å². The van der Waals surface area contributed by atoms with Crippen molar-refractivity contribution in [3.8, 4) is 5.75 Å². The summed E-state index contributed by atoms with van der Waals surface area (Å²) in [6.45, 7) is 6.98. The van der Waals surface area contributed by atoms with Crippen LogP contribution in [0.1, 0.15) is 18.9 Å². The Hall–Kier alpha value is -0.480. The number of para-hydroxylation sites is 1. The van der Waals surface area contributed by atoms with Crippen molar-refractivity contribution in [1.82, 2.24) is 10.2 Å². The summed E-state index contributed by atoms with van der Waals surface area (Å²) in [5.41, 5.74) is 1.19. The van der Waals surface area contributed by atoms with Gasteiger partial charge in [0, 0.05) is 18.7 Å². The number of halogens is 2. The van der Waals surface area contributed by atoms with Crippen LogP contribution in [0.15, 0.2) is 18.2 Å². The highest BCUT2D eigenvalue weighted by Crippen LogP contribution is 2.30. The molecule has 3 nitrogen and oxygen atoms in total. The van der Waals surface area contributed by atoms with Gasteiger partial charge in [0.25, 0.3) is 0 Å². The number of rotatable bonds is 6. The van der Waals surface area contributed by atoms with Gasteiger partial charge in [0.05, 0.1) is 11.6 Å². The molecular formula is C15H24Cl2N2O. The van der Waals surface area contributed by atoms with Crippen LogP contribution in [0, 0.1) is 5.92 Å². The molecular weight excluding hydrogens is 295 g/mol. The summed E-state index contributed by atoms with van der Waals surface area (Å²) in [6.07, 6.45) is 1.27. The van der Waals surface area contributed by atoms with Crippen molar-refractivity contribution >= 4 is 24.0 Å². The molecule has 0 saturated carbocycles. The number of nitrogens with zero attached hydrogens (tertiary/aromatic N) is 1. The van der Waals surface area contributed by atoms with Crippen LogP contribution in [0.5, 0.6) is 5.75 Å². The Balaban J connectivity index is 0.00000200. The molecule has 0 spiro atoms. The first-order chi connectivity index (χ1) is 9.24. The summed E-state index contributed by atoms with van der Waals surface area (Å²) in [4.78, 5) is 2.48. The zero-order valence-electron chi connectivity index (χ0n) is 12.2. The van der Waals surface area contributed by atoms with Crippen LogP contribution in [-0.4, -0.2) is 38.2 Å². The molecule has 1 N–H and O–H groups in total. The van der Waals surface area contributed by atoms with Gasteiger partial charge < -0.3 is 10.1 Å². The Morgan fingerprint density at radius 2 is 2.25 bits per heavy atom. The van der Waals surface area contributed by atoms with Gasteiger partial charge in [-0.25, -0.2) is 0 Å². The van der Waals surface area contributed by atoms with E-state index in [2.05, 4.69) is 16.3 Å². The van der Waals surface area contributed by atoms with Crippen LogP contribution in [0.2, 0.25) is 5.02 Å². The maximum absolute atomic E-state index is 6.22. The SMILES string of the molecule is CCOc1c(Cl)cccc1CN1CCC(CNC)C1.Cl. The third kappa shape index (κ3) is 4.52. The summed E-state index contributed by atoms with van der Waals surface area (Å²) in [6, 6.07) is 6.01. The summed E-state index contributed by atoms with van der Waals surface area (Å²) in [5, 5.41) is 3.98. The minimum Gasteiger partial charge on any atom is -0.492 e. The van der Waals surface area contributed by atoms with Crippen LogP contribution in [0.25, 0.3) is 0 Å². The molecule has 1 unspecified atom stereocenters. The first-order valence-electron chi connectivity index (χ1n) is 7.01. The lowest BCUT2D eigenvalue weighted by Crippen LogP contribution is -2.24. The quantitative estimate of drug-likeness (QED) is 0.871. The van der Waals surface area contributed by atoms with E-state index < -0.39 is 0 Å². The van der Waals surface area contributed by atoms with Gasteiger partial charge in [0.1, 0.15) is 5.75 Å². The van der Waals surface area contributed by atoms with Gasteiger partial charge in [-0.3, -0.25) is 4.90 Å². The smallest absolute Gasteiger partial charge is 0.142 e. The number of ether oxygens (including phenoxy) is 1. The lowest BCUT2D eigenvalue weighted by Gasteiger charge is -2.19. The second-order valence-corrected chi connectivity index (χ2v) is 5.52. The summed E-state index contributed by atoms with van der Waals surface area (Å²) in [5.74, 6) is 1.61. The predicted octanol–water partition coefficient (Wildman–Crippen LogP) is 3.20. The lowest BCUT2D eigenvalue weighted by molar-refractivity contribution is 0.296. The van der Waals surface area contributed by atoms with E-state index in [0.717, 1.165) is 37.8 Å². The highest BCUT2D eigenvalue weighted by atomic mass is 35.5. The van der Waals surface area contributed by atoms with Crippen LogP contribution in [-0.2, 0) is 6.54 Å². The van der Waals surface area contributed by atoms with Gasteiger partial charge in [-0.05, 0) is 45.5 Å². The second kappa shape index (κ2) is 8.73. The van der Waals surface area contributed by atoms with E-state index in [1.165, 1.54) is 12.0 Å². The molecule has 1 heterocycles. The molecule has 1 aliphatic heterocycles. The van der Waals surface area contributed by atoms with E-state index >= 15 is 0 Å². The van der Waals surface area contributed by atoms with Crippen molar-refractivity contribution in [2.45, 2.75) is 19.9 Å². The normalized spacial score (nSPS) is 18.9. The third-order valence-corrected chi connectivity index (χ3v) is 3.89. The van der Waals surface area contributed by atoms with Crippen molar-refractivity contribution in [2.75, 3.05) is 33.3 Å². The molecule has 5 heteroatoms. The van der Waals surface area contributed by atoms with Gasteiger partial charge in [0.2, 0.25) is 0 Å². The number of hydrogen-bond acceptors (Lipinski definition) is 3. The van der Waals surface area contributed by atoms with E-state index in [1.807, 2.05) is 26.1 Å². The average Bonchev–Trinajstić information content (AvgIpc) is 2.82. The van der Waals surface area contributed by atoms with Crippen LogP contribution in [0.4, 0.5) is 0 Å². The molecule has 0 radical (unpaired) electrons. The lowest BCUT2D eigenvalue weighted by atomic mass is 10.1. The van der Waals surface area contributed by atoms with Crippen molar-refractivity contribution in [1.29, 1.82) is 0 Å². The molecule has 2 rings (SSSR count). The molecule has 1 atom stereocenters. The molecule has 0 aromatic heterocycles. The number of benzene rings is 1. The molecule has 1 saturated heterocycles. The zero-order chi connectivity index (χ0) is 13.7. The van der Waals surface area contributed by atoms with Gasteiger partial charge in [-0.15, -0.1) is 12.4 Å². The Bertz CT molecular complexity index is 415. The van der Waals surface area contributed by atoms with E-state index in [1.54, 1.807) is 0 Å². The molecule has 114 valence electrons. The standard InChI is InChI=1S/C15H23ClN2O.ClH/c1-3-19-15-13(5-4-6-14(15)16)11-18-8-7-12(10-18)9-17-2;/h4-6,12,17H,3,7-11H2,1-2H3;1H. The minimum atomic E-state index is 0. The van der Waals surface area contributed by atoms with E-state index in [0.29, 0.717) is 11.6 Å². The monoisotopic (exact) mass is 318 g/mol. The third-order valence-electron chi connectivity index (χ3n) is 3.59. The Morgan fingerprint density at radius 1 is 1.45 bits per heavy atom. The summed E-state index contributed by atoms with van der Waals surface area (Å²) in [7, 11) is 2.02. The number of nitrogens with one attached hydrogen (secondary N) is 1. The fourth-order valence-corrected chi connectivity index (χ4v) is 2.99. The molecule has 0 bridgehead atoms. The molecule has 1 aliphatic rings. The molecule has 0 amide bonds. The van der Waals surface area contributed by atoms with Crippen molar-refractivity contribution in [3.63, 3.8) is 0 Å². The molecule has 0 aliphatic carbocycles. The van der Waals surface area contributed by atoms with Crippen LogP contribution in [0.3, 0.4) is 0 Å². The van der Waals surface area contributed by atoms with E-state index in [4.69, 9.17) is 16.3 Å². The van der Waals surface area contributed by atoms with Gasteiger partial charge in [-0.2, -0.15) is 0 Å². The Kier molecular flexibility index (Phi) is 7.67. The molecule has 20 heavy (non-hydrogen) atoms. The van der Waals surface area contributed by atoms with Crippen LogP contribution < -0.4 is 10.1 Å². The van der Waals surface area contributed by atoms with Gasteiger partial charge in [0.15, 0.2) is 0 Å². The van der Waals surface area contributed by atoms with Gasteiger partial charge >= 0.3 is 0 Å². The first kappa shape index (κ1) is 17.6. The highest BCUT2D eigenvalue weighted by molar-refractivity contribution is 6.32. The zero-order valence-corrected chi connectivity index (χ0v) is 13.8. The summed E-state index contributed by atoms with van der Waals surface area (Å²) >= 11 is 6.22. The number of likely N-dealkylation sites (tertiary alicyclic amines) is 1. The Morgan fingerprint density at radius 3 is 2.95 bits per heavy atom. The predicted molar refractivity (Wildman–Crippen MR) is 87.2 cm³/mol. The average molecular weight is 319 g/mol. The van der Waals surface area contributed by atoms with Crippen molar-refractivity contribution in [2.24, 2.45) is 5.92 Å². The second-order valence-electron chi connectivity index (χ2n) is 5.11. The molecule has 1 aromatic rings. The maximum Gasteiger partial charge on any atom is 0.142 e. The highest BCUT2D eigenvalue weighted by Gasteiger charge is 2.22. The fourth-order valence-electron chi connectivity index (χ4n) is 2.74.